The first-order chi connectivity index (χ1) is 11.7. The van der Waals surface area contributed by atoms with Crippen LogP contribution in [-0.4, -0.2) is 43.9 Å². The molecule has 1 saturated heterocycles. The Balaban J connectivity index is 0.00000100. The second-order valence-corrected chi connectivity index (χ2v) is 7.19. The van der Waals surface area contributed by atoms with Crippen LogP contribution < -0.4 is 16.6 Å². The predicted molar refractivity (Wildman–Crippen MR) is 94.3 cm³/mol. The number of hydrogen-bond acceptors (Lipinski definition) is 5. The third-order valence-electron chi connectivity index (χ3n) is 5.60. The summed E-state index contributed by atoms with van der Waals surface area (Å²) in [6.45, 7) is 6.41. The van der Waals surface area contributed by atoms with Crippen LogP contribution in [0.15, 0.2) is 0 Å². The Kier molecular flexibility index (Phi) is 7.94. The van der Waals surface area contributed by atoms with Gasteiger partial charge in [-0.05, 0) is 69.9 Å². The van der Waals surface area contributed by atoms with Crippen molar-refractivity contribution in [2.24, 2.45) is 11.3 Å². The molecule has 6 nitrogen and oxygen atoms in total. The van der Waals surface area contributed by atoms with Gasteiger partial charge in [0.15, 0.2) is 0 Å². The van der Waals surface area contributed by atoms with E-state index >= 15 is 0 Å². The van der Waals surface area contributed by atoms with Crippen molar-refractivity contribution in [3.05, 3.63) is 0 Å². The van der Waals surface area contributed by atoms with Crippen LogP contribution in [0.2, 0.25) is 0 Å². The molecule has 0 radical (unpaired) electrons. The lowest BCUT2D eigenvalue weighted by atomic mass is 9.61. The Labute approximate surface area is 146 Å². The lowest BCUT2D eigenvalue weighted by Crippen LogP contribution is -2.49. The quantitative estimate of drug-likeness (QED) is 0.404. The summed E-state index contributed by atoms with van der Waals surface area (Å²) in [4.78, 5) is 11.1. The van der Waals surface area contributed by atoms with Gasteiger partial charge in [-0.15, -0.1) is 0 Å². The number of amides is 1. The van der Waals surface area contributed by atoms with Gasteiger partial charge in [-0.1, -0.05) is 13.8 Å². The first kappa shape index (κ1) is 19.6. The molecule has 3 rings (SSSR count). The number of hydrogen-bond donors (Lipinski definition) is 3. The normalized spacial score (nSPS) is 29.3. The second-order valence-electron chi connectivity index (χ2n) is 7.19. The van der Waals surface area contributed by atoms with E-state index in [1.54, 1.807) is 0 Å². The fourth-order valence-electron chi connectivity index (χ4n) is 4.21. The van der Waals surface area contributed by atoms with E-state index in [0.29, 0.717) is 17.6 Å². The van der Waals surface area contributed by atoms with E-state index in [0.717, 1.165) is 25.7 Å². The highest BCUT2D eigenvalue weighted by Gasteiger charge is 2.45. The van der Waals surface area contributed by atoms with Gasteiger partial charge in [0.05, 0.1) is 18.3 Å². The van der Waals surface area contributed by atoms with Crippen LogP contribution in [0.3, 0.4) is 0 Å². The number of nitrogens with two attached hydrogens (primary N) is 1. The van der Waals surface area contributed by atoms with Crippen molar-refractivity contribution in [1.29, 1.82) is 0 Å². The number of carbonyl (C=O) groups excluding carboxylic acids is 1. The molecule has 24 heavy (non-hydrogen) atoms. The molecular formula is C18H35N3O3. The van der Waals surface area contributed by atoms with Crippen LogP contribution in [0.1, 0.15) is 65.2 Å². The average Bonchev–Trinajstić information content (AvgIpc) is 2.62. The molecule has 6 heteroatoms. The summed E-state index contributed by atoms with van der Waals surface area (Å²) in [6.07, 6.45) is 10.2. The van der Waals surface area contributed by atoms with Crippen LogP contribution in [0, 0.1) is 5.41 Å². The lowest BCUT2D eigenvalue weighted by Gasteiger charge is -2.51. The van der Waals surface area contributed by atoms with Gasteiger partial charge in [-0.25, -0.2) is 5.84 Å². The van der Waals surface area contributed by atoms with E-state index in [4.69, 9.17) is 15.3 Å². The Morgan fingerprint density at radius 3 is 2.25 bits per heavy atom. The Morgan fingerprint density at radius 1 is 1.08 bits per heavy atom. The zero-order chi connectivity index (χ0) is 17.4. The van der Waals surface area contributed by atoms with Crippen molar-refractivity contribution in [2.45, 2.75) is 83.5 Å². The number of ether oxygens (including phenoxy) is 2. The number of hydrazine groups is 1. The highest BCUT2D eigenvalue weighted by molar-refractivity contribution is 5.76. The Bertz CT molecular complexity index is 370. The monoisotopic (exact) mass is 341 g/mol. The molecule has 0 atom stereocenters. The first-order valence-corrected chi connectivity index (χ1v) is 9.66. The topological polar surface area (TPSA) is 85.6 Å². The second kappa shape index (κ2) is 9.70. The van der Waals surface area contributed by atoms with E-state index in [1.807, 2.05) is 13.8 Å². The molecule has 1 aliphatic heterocycles. The zero-order valence-electron chi connectivity index (χ0n) is 15.3. The van der Waals surface area contributed by atoms with E-state index in [1.165, 1.54) is 38.8 Å². The lowest BCUT2D eigenvalue weighted by molar-refractivity contribution is -0.142. The fraction of sp³-hybridized carbons (Fsp3) is 0.944. The molecule has 3 fully saturated rings. The maximum absolute atomic E-state index is 11.1. The summed E-state index contributed by atoms with van der Waals surface area (Å²) >= 11 is 0. The molecule has 0 aromatic rings. The van der Waals surface area contributed by atoms with Gasteiger partial charge in [-0.3, -0.25) is 10.2 Å². The van der Waals surface area contributed by atoms with Gasteiger partial charge in [0, 0.05) is 0 Å². The minimum atomic E-state index is -0.264. The van der Waals surface area contributed by atoms with Crippen LogP contribution >= 0.6 is 0 Å². The minimum Gasteiger partial charge on any atom is -0.375 e. The highest BCUT2D eigenvalue weighted by atomic mass is 16.5. The van der Waals surface area contributed by atoms with Gasteiger partial charge in [-0.2, -0.15) is 0 Å². The molecule has 2 aliphatic carbocycles. The summed E-state index contributed by atoms with van der Waals surface area (Å²) in [5, 5.41) is 3.44. The van der Waals surface area contributed by atoms with Crippen molar-refractivity contribution >= 4 is 5.91 Å². The maximum atomic E-state index is 11.1. The van der Waals surface area contributed by atoms with Crippen molar-refractivity contribution in [1.82, 2.24) is 10.7 Å². The summed E-state index contributed by atoms with van der Waals surface area (Å²) in [7, 11) is 0. The number of nitrogens with one attached hydrogen (secondary N) is 2. The van der Waals surface area contributed by atoms with Crippen LogP contribution in [0.4, 0.5) is 0 Å². The third-order valence-corrected chi connectivity index (χ3v) is 5.60. The molecule has 4 N–H and O–H groups in total. The molecule has 0 unspecified atom stereocenters. The van der Waals surface area contributed by atoms with Gasteiger partial charge < -0.3 is 14.8 Å². The SMILES string of the molecule is CC.NNC(=O)COC1CCC(OC2CC3(CCNCC3)C2)CC1. The Hall–Kier alpha value is -0.690. The number of carbonyl (C=O) groups is 1. The van der Waals surface area contributed by atoms with Crippen LogP contribution in [-0.2, 0) is 14.3 Å². The standard InChI is InChI=1S/C16H29N3O3.C2H6/c17-19-15(20)11-21-12-1-3-13(4-2-12)22-14-9-16(10-14)5-7-18-8-6-16;1-2/h12-14,18H,1-11,17H2,(H,19,20);1-2H3. The smallest absolute Gasteiger partial charge is 0.259 e. The predicted octanol–water partition coefficient (Wildman–Crippen LogP) is 1.88. The Morgan fingerprint density at radius 2 is 1.67 bits per heavy atom. The third kappa shape index (κ3) is 5.41. The number of rotatable bonds is 5. The zero-order valence-corrected chi connectivity index (χ0v) is 15.3. The van der Waals surface area contributed by atoms with E-state index in [-0.39, 0.29) is 18.6 Å². The summed E-state index contributed by atoms with van der Waals surface area (Å²) in [6, 6.07) is 0. The van der Waals surface area contributed by atoms with Gasteiger partial charge >= 0.3 is 0 Å². The largest absolute Gasteiger partial charge is 0.375 e. The van der Waals surface area contributed by atoms with Crippen molar-refractivity contribution in [3.8, 4) is 0 Å². The molecule has 1 heterocycles. The molecule has 140 valence electrons. The molecule has 1 spiro atoms. The van der Waals surface area contributed by atoms with E-state index < -0.39 is 0 Å². The first-order valence-electron chi connectivity index (χ1n) is 9.66. The van der Waals surface area contributed by atoms with Crippen LogP contribution in [0.5, 0.6) is 0 Å². The molecule has 0 bridgehead atoms. The van der Waals surface area contributed by atoms with E-state index in [9.17, 15) is 4.79 Å². The summed E-state index contributed by atoms with van der Waals surface area (Å²) in [5.41, 5.74) is 2.68. The van der Waals surface area contributed by atoms with Gasteiger partial charge in [0.1, 0.15) is 6.61 Å². The van der Waals surface area contributed by atoms with Crippen molar-refractivity contribution < 1.29 is 14.3 Å². The molecular weight excluding hydrogens is 306 g/mol. The molecule has 2 saturated carbocycles. The molecule has 3 aliphatic rings. The van der Waals surface area contributed by atoms with Crippen LogP contribution in [0.25, 0.3) is 0 Å². The molecule has 0 aromatic carbocycles. The van der Waals surface area contributed by atoms with Gasteiger partial charge in [0.25, 0.3) is 5.91 Å². The summed E-state index contributed by atoms with van der Waals surface area (Å²) < 4.78 is 11.8. The molecule has 1 amide bonds. The summed E-state index contributed by atoms with van der Waals surface area (Å²) in [5.74, 6) is 4.78. The van der Waals surface area contributed by atoms with E-state index in [2.05, 4.69) is 10.7 Å². The van der Waals surface area contributed by atoms with Gasteiger partial charge in [0.2, 0.25) is 0 Å². The average molecular weight is 341 g/mol. The number of piperidine rings is 1. The molecule has 0 aromatic heterocycles. The van der Waals surface area contributed by atoms with Crippen molar-refractivity contribution in [3.63, 3.8) is 0 Å². The van der Waals surface area contributed by atoms with Crippen molar-refractivity contribution in [2.75, 3.05) is 19.7 Å². The maximum Gasteiger partial charge on any atom is 0.259 e. The minimum absolute atomic E-state index is 0.0614. The highest BCUT2D eigenvalue weighted by Crippen LogP contribution is 2.49. The fourth-order valence-corrected chi connectivity index (χ4v) is 4.21.